The fourth-order valence-electron chi connectivity index (χ4n) is 2.22. The SMILES string of the molecule is COc1cccc(C(=O)Nc2ccc3nccn3c2C)c1. The molecule has 0 bridgehead atoms. The van der Waals surface area contributed by atoms with Gasteiger partial charge in [-0.3, -0.25) is 4.79 Å². The van der Waals surface area contributed by atoms with E-state index in [0.717, 1.165) is 17.0 Å². The minimum Gasteiger partial charge on any atom is -0.497 e. The second kappa shape index (κ2) is 5.28. The van der Waals surface area contributed by atoms with Crippen LogP contribution in [-0.4, -0.2) is 22.4 Å². The first-order chi connectivity index (χ1) is 10.2. The minimum absolute atomic E-state index is 0.170. The van der Waals surface area contributed by atoms with Crippen molar-refractivity contribution in [2.75, 3.05) is 12.4 Å². The highest BCUT2D eigenvalue weighted by atomic mass is 16.5. The zero-order valence-electron chi connectivity index (χ0n) is 11.8. The van der Waals surface area contributed by atoms with Gasteiger partial charge < -0.3 is 14.5 Å². The Hall–Kier alpha value is -2.82. The lowest BCUT2D eigenvalue weighted by atomic mass is 10.2. The van der Waals surface area contributed by atoms with Crippen LogP contribution < -0.4 is 10.1 Å². The summed E-state index contributed by atoms with van der Waals surface area (Å²) < 4.78 is 7.07. The molecular weight excluding hydrogens is 266 g/mol. The Bertz CT molecular complexity index is 808. The lowest BCUT2D eigenvalue weighted by molar-refractivity contribution is 0.102. The summed E-state index contributed by atoms with van der Waals surface area (Å²) in [5.41, 5.74) is 3.10. The van der Waals surface area contributed by atoms with Crippen LogP contribution in [0.1, 0.15) is 16.1 Å². The smallest absolute Gasteiger partial charge is 0.255 e. The number of rotatable bonds is 3. The van der Waals surface area contributed by atoms with Crippen LogP contribution in [0.3, 0.4) is 0 Å². The molecule has 0 radical (unpaired) electrons. The number of carbonyl (C=O) groups excluding carboxylic acids is 1. The van der Waals surface area contributed by atoms with E-state index < -0.39 is 0 Å². The van der Waals surface area contributed by atoms with E-state index in [-0.39, 0.29) is 5.91 Å². The molecule has 0 fully saturated rings. The highest BCUT2D eigenvalue weighted by molar-refractivity contribution is 6.04. The third-order valence-electron chi connectivity index (χ3n) is 3.40. The zero-order valence-corrected chi connectivity index (χ0v) is 11.8. The van der Waals surface area contributed by atoms with E-state index in [9.17, 15) is 4.79 Å². The Labute approximate surface area is 122 Å². The number of fused-ring (bicyclic) bond motifs is 1. The van der Waals surface area contributed by atoms with Crippen molar-refractivity contribution in [3.8, 4) is 5.75 Å². The maximum atomic E-state index is 12.3. The Balaban J connectivity index is 1.90. The largest absolute Gasteiger partial charge is 0.497 e. The van der Waals surface area contributed by atoms with Crippen LogP contribution in [-0.2, 0) is 0 Å². The van der Waals surface area contributed by atoms with E-state index in [1.165, 1.54) is 0 Å². The molecule has 1 N–H and O–H groups in total. The van der Waals surface area contributed by atoms with Crippen molar-refractivity contribution >= 4 is 17.2 Å². The number of hydrogen-bond acceptors (Lipinski definition) is 3. The number of nitrogens with zero attached hydrogens (tertiary/aromatic N) is 2. The standard InChI is InChI=1S/C16H15N3O2/c1-11-14(6-7-15-17-8-9-19(11)15)18-16(20)12-4-3-5-13(10-12)21-2/h3-10H,1-2H3,(H,18,20). The van der Waals surface area contributed by atoms with Crippen LogP contribution in [0.4, 0.5) is 5.69 Å². The molecule has 21 heavy (non-hydrogen) atoms. The molecule has 106 valence electrons. The van der Waals surface area contributed by atoms with Gasteiger partial charge in [-0.2, -0.15) is 0 Å². The van der Waals surface area contributed by atoms with Gasteiger partial charge in [-0.05, 0) is 37.3 Å². The van der Waals surface area contributed by atoms with Crippen LogP contribution in [0, 0.1) is 6.92 Å². The van der Waals surface area contributed by atoms with Gasteiger partial charge in [-0.25, -0.2) is 4.98 Å². The number of imidazole rings is 1. The molecule has 0 aliphatic rings. The molecule has 5 nitrogen and oxygen atoms in total. The minimum atomic E-state index is -0.170. The molecular formula is C16H15N3O2. The first kappa shape index (κ1) is 13.2. The Morgan fingerprint density at radius 1 is 1.29 bits per heavy atom. The van der Waals surface area contributed by atoms with E-state index in [1.54, 1.807) is 37.6 Å². The molecule has 0 atom stereocenters. The first-order valence-electron chi connectivity index (χ1n) is 6.57. The molecule has 0 aliphatic carbocycles. The third-order valence-corrected chi connectivity index (χ3v) is 3.40. The van der Waals surface area contributed by atoms with E-state index in [2.05, 4.69) is 10.3 Å². The number of pyridine rings is 1. The molecule has 1 amide bonds. The molecule has 0 spiro atoms. The quantitative estimate of drug-likeness (QED) is 0.803. The first-order valence-corrected chi connectivity index (χ1v) is 6.57. The van der Waals surface area contributed by atoms with E-state index >= 15 is 0 Å². The maximum absolute atomic E-state index is 12.3. The van der Waals surface area contributed by atoms with E-state index in [1.807, 2.05) is 29.7 Å². The summed E-state index contributed by atoms with van der Waals surface area (Å²) in [7, 11) is 1.58. The fourth-order valence-corrected chi connectivity index (χ4v) is 2.22. The zero-order chi connectivity index (χ0) is 14.8. The summed E-state index contributed by atoms with van der Waals surface area (Å²) >= 11 is 0. The van der Waals surface area contributed by atoms with Gasteiger partial charge in [0.2, 0.25) is 0 Å². The monoisotopic (exact) mass is 281 g/mol. The second-order valence-corrected chi connectivity index (χ2v) is 4.67. The van der Waals surface area contributed by atoms with Crippen molar-refractivity contribution in [2.45, 2.75) is 6.92 Å². The van der Waals surface area contributed by atoms with Crippen molar-refractivity contribution in [3.05, 3.63) is 60.0 Å². The van der Waals surface area contributed by atoms with Gasteiger partial charge in [0.05, 0.1) is 12.8 Å². The summed E-state index contributed by atoms with van der Waals surface area (Å²) in [6.07, 6.45) is 3.60. The summed E-state index contributed by atoms with van der Waals surface area (Å²) in [5.74, 6) is 0.487. The highest BCUT2D eigenvalue weighted by Crippen LogP contribution is 2.19. The number of nitrogens with one attached hydrogen (secondary N) is 1. The molecule has 0 unspecified atom stereocenters. The Kier molecular flexibility index (Phi) is 3.31. The van der Waals surface area contributed by atoms with Crippen LogP contribution >= 0.6 is 0 Å². The van der Waals surface area contributed by atoms with Gasteiger partial charge in [0.25, 0.3) is 5.91 Å². The van der Waals surface area contributed by atoms with Gasteiger partial charge in [0.15, 0.2) is 0 Å². The topological polar surface area (TPSA) is 55.6 Å². The number of anilines is 1. The van der Waals surface area contributed by atoms with Crippen LogP contribution in [0.2, 0.25) is 0 Å². The van der Waals surface area contributed by atoms with Crippen LogP contribution in [0.5, 0.6) is 5.75 Å². The lowest BCUT2D eigenvalue weighted by Gasteiger charge is -2.10. The fraction of sp³-hybridized carbons (Fsp3) is 0.125. The molecule has 5 heteroatoms. The van der Waals surface area contributed by atoms with Crippen molar-refractivity contribution in [1.82, 2.24) is 9.38 Å². The predicted molar refractivity (Wildman–Crippen MR) is 80.9 cm³/mol. The van der Waals surface area contributed by atoms with E-state index in [0.29, 0.717) is 11.3 Å². The molecule has 3 aromatic rings. The summed E-state index contributed by atoms with van der Waals surface area (Å²) in [6, 6.07) is 10.8. The van der Waals surface area contributed by atoms with Crippen molar-refractivity contribution in [1.29, 1.82) is 0 Å². The van der Waals surface area contributed by atoms with Crippen molar-refractivity contribution in [3.63, 3.8) is 0 Å². The molecule has 1 aromatic carbocycles. The van der Waals surface area contributed by atoms with Gasteiger partial charge in [-0.15, -0.1) is 0 Å². The molecule has 0 saturated heterocycles. The number of amides is 1. The second-order valence-electron chi connectivity index (χ2n) is 4.67. The Morgan fingerprint density at radius 3 is 2.95 bits per heavy atom. The maximum Gasteiger partial charge on any atom is 0.255 e. The summed E-state index contributed by atoms with van der Waals surface area (Å²) in [6.45, 7) is 1.94. The molecule has 2 heterocycles. The molecule has 0 saturated carbocycles. The van der Waals surface area contributed by atoms with Gasteiger partial charge in [0.1, 0.15) is 11.4 Å². The van der Waals surface area contributed by atoms with Crippen molar-refractivity contribution in [2.24, 2.45) is 0 Å². The predicted octanol–water partition coefficient (Wildman–Crippen LogP) is 2.90. The molecule has 0 aliphatic heterocycles. The van der Waals surface area contributed by atoms with Gasteiger partial charge >= 0.3 is 0 Å². The summed E-state index contributed by atoms with van der Waals surface area (Å²) in [4.78, 5) is 16.5. The van der Waals surface area contributed by atoms with Crippen LogP contribution in [0.15, 0.2) is 48.8 Å². The molecule has 2 aromatic heterocycles. The van der Waals surface area contributed by atoms with Crippen molar-refractivity contribution < 1.29 is 9.53 Å². The van der Waals surface area contributed by atoms with E-state index in [4.69, 9.17) is 4.74 Å². The highest BCUT2D eigenvalue weighted by Gasteiger charge is 2.10. The number of benzene rings is 1. The molecule has 3 rings (SSSR count). The lowest BCUT2D eigenvalue weighted by Crippen LogP contribution is -2.13. The number of carbonyl (C=O) groups is 1. The number of hydrogen-bond donors (Lipinski definition) is 1. The number of methoxy groups -OCH3 is 1. The Morgan fingerprint density at radius 2 is 2.14 bits per heavy atom. The third kappa shape index (κ3) is 2.45. The number of ether oxygens (including phenoxy) is 1. The van der Waals surface area contributed by atoms with Gasteiger partial charge in [-0.1, -0.05) is 6.07 Å². The normalized spacial score (nSPS) is 10.6. The summed E-state index contributed by atoms with van der Waals surface area (Å²) in [5, 5.41) is 2.92. The van der Waals surface area contributed by atoms with Crippen LogP contribution in [0.25, 0.3) is 5.65 Å². The van der Waals surface area contributed by atoms with Gasteiger partial charge in [0, 0.05) is 23.7 Å². The average Bonchev–Trinajstić information content (AvgIpc) is 2.99. The number of aromatic nitrogens is 2. The number of aryl methyl sites for hydroxylation is 1. The average molecular weight is 281 g/mol.